The summed E-state index contributed by atoms with van der Waals surface area (Å²) in [7, 11) is 1.51. The lowest BCUT2D eigenvalue weighted by atomic mass is 10.0. The van der Waals surface area contributed by atoms with Crippen LogP contribution in [0.5, 0.6) is 11.5 Å². The SMILES string of the molecule is COc1cc(C)cc(F)c1COc1ccc2cc1COCC[C@H](C)CNC(=O)c1ccc(c(N)c1)-c1ccnc(n1)N2. The number of aromatic nitrogens is 2. The number of amides is 1. The van der Waals surface area contributed by atoms with Crippen LogP contribution in [-0.2, 0) is 18.0 Å². The number of nitrogens with two attached hydrogens (primary N) is 1. The zero-order valence-electron chi connectivity index (χ0n) is 23.9. The molecule has 0 saturated carbocycles. The van der Waals surface area contributed by atoms with E-state index in [0.29, 0.717) is 58.7 Å². The Hall–Kier alpha value is -4.70. The van der Waals surface area contributed by atoms with Crippen LogP contribution in [0.25, 0.3) is 11.3 Å². The predicted octanol–water partition coefficient (Wildman–Crippen LogP) is 5.79. The lowest BCUT2D eigenvalue weighted by molar-refractivity contribution is 0.0923. The Morgan fingerprint density at radius 2 is 1.98 bits per heavy atom. The van der Waals surface area contributed by atoms with Crippen molar-refractivity contribution in [1.82, 2.24) is 15.3 Å². The number of carbonyl (C=O) groups excluding carboxylic acids is 1. The molecule has 0 aliphatic carbocycles. The minimum absolute atomic E-state index is 0.0168. The van der Waals surface area contributed by atoms with Crippen LogP contribution in [0.4, 0.5) is 21.7 Å². The first-order valence-corrected chi connectivity index (χ1v) is 13.8. The first-order valence-electron chi connectivity index (χ1n) is 13.8. The summed E-state index contributed by atoms with van der Waals surface area (Å²) in [6.45, 7) is 5.08. The second-order valence-corrected chi connectivity index (χ2v) is 10.4. The van der Waals surface area contributed by atoms with E-state index < -0.39 is 0 Å². The van der Waals surface area contributed by atoms with Gasteiger partial charge < -0.3 is 30.6 Å². The van der Waals surface area contributed by atoms with Crippen LogP contribution in [0.15, 0.2) is 60.8 Å². The Kier molecular flexibility index (Phi) is 8.83. The molecule has 42 heavy (non-hydrogen) atoms. The lowest BCUT2D eigenvalue weighted by Crippen LogP contribution is -2.28. The Balaban J connectivity index is 1.45. The van der Waals surface area contributed by atoms with Crippen molar-refractivity contribution in [2.45, 2.75) is 33.5 Å². The van der Waals surface area contributed by atoms with Gasteiger partial charge in [-0.2, -0.15) is 0 Å². The predicted molar refractivity (Wildman–Crippen MR) is 159 cm³/mol. The molecule has 6 rings (SSSR count). The van der Waals surface area contributed by atoms with Gasteiger partial charge in [0.15, 0.2) is 0 Å². The molecule has 0 saturated heterocycles. The minimum atomic E-state index is -0.389. The van der Waals surface area contributed by atoms with Gasteiger partial charge in [0.05, 0.1) is 25.0 Å². The van der Waals surface area contributed by atoms with E-state index in [1.54, 1.807) is 42.6 Å². The number of nitrogens with one attached hydrogen (secondary N) is 2. The summed E-state index contributed by atoms with van der Waals surface area (Å²) in [6, 6.07) is 15.7. The van der Waals surface area contributed by atoms with Crippen LogP contribution >= 0.6 is 0 Å². The van der Waals surface area contributed by atoms with E-state index >= 15 is 0 Å². The molecule has 3 aromatic carbocycles. The summed E-state index contributed by atoms with van der Waals surface area (Å²) in [5, 5.41) is 6.21. The molecule has 0 spiro atoms. The van der Waals surface area contributed by atoms with E-state index in [-0.39, 0.29) is 30.9 Å². The zero-order chi connectivity index (χ0) is 29.6. The third-order valence-electron chi connectivity index (χ3n) is 7.08. The molecule has 0 unspecified atom stereocenters. The maximum absolute atomic E-state index is 14.8. The number of ether oxygens (including phenoxy) is 3. The van der Waals surface area contributed by atoms with Crippen molar-refractivity contribution in [3.05, 3.63) is 88.9 Å². The van der Waals surface area contributed by atoms with Crippen LogP contribution in [0.1, 0.15) is 40.4 Å². The van der Waals surface area contributed by atoms with Crippen molar-refractivity contribution in [2.75, 3.05) is 31.3 Å². The molecule has 9 nitrogen and oxygen atoms in total. The van der Waals surface area contributed by atoms with Crippen LogP contribution in [0.3, 0.4) is 0 Å². The molecule has 0 fully saturated rings. The van der Waals surface area contributed by atoms with Crippen molar-refractivity contribution < 1.29 is 23.4 Å². The number of benzene rings is 3. The summed E-state index contributed by atoms with van der Waals surface area (Å²) in [6.07, 6.45) is 2.38. The second kappa shape index (κ2) is 12.9. The Morgan fingerprint density at radius 3 is 2.79 bits per heavy atom. The molecular formula is C32H34FN5O4. The quantitative estimate of drug-likeness (QED) is 0.263. The second-order valence-electron chi connectivity index (χ2n) is 10.4. The molecule has 4 N–H and O–H groups in total. The normalized spacial score (nSPS) is 15.5. The highest BCUT2D eigenvalue weighted by molar-refractivity contribution is 5.96. The molecular weight excluding hydrogens is 537 g/mol. The van der Waals surface area contributed by atoms with Crippen LogP contribution in [0, 0.1) is 18.7 Å². The number of anilines is 3. The maximum Gasteiger partial charge on any atom is 0.251 e. The van der Waals surface area contributed by atoms with Gasteiger partial charge in [-0.25, -0.2) is 14.4 Å². The highest BCUT2D eigenvalue weighted by atomic mass is 19.1. The minimum Gasteiger partial charge on any atom is -0.496 e. The number of nitrogen functional groups attached to an aromatic ring is 1. The van der Waals surface area contributed by atoms with Gasteiger partial charge in [0.2, 0.25) is 5.95 Å². The molecule has 10 heteroatoms. The number of rotatable bonds is 4. The van der Waals surface area contributed by atoms with Crippen LogP contribution < -0.4 is 25.8 Å². The fraction of sp³-hybridized carbons (Fsp3) is 0.281. The number of fused-ring (bicyclic) bond motifs is 9. The fourth-order valence-corrected chi connectivity index (χ4v) is 4.70. The smallest absolute Gasteiger partial charge is 0.251 e. The molecule has 3 heterocycles. The van der Waals surface area contributed by atoms with Crippen molar-refractivity contribution >= 4 is 23.2 Å². The average molecular weight is 572 g/mol. The number of carbonyl (C=O) groups is 1. The average Bonchev–Trinajstić information content (AvgIpc) is 2.97. The molecule has 0 radical (unpaired) electrons. The molecule has 4 aromatic rings. The van der Waals surface area contributed by atoms with Gasteiger partial charge in [0, 0.05) is 47.4 Å². The van der Waals surface area contributed by atoms with E-state index in [1.165, 1.54) is 13.2 Å². The highest BCUT2D eigenvalue weighted by Gasteiger charge is 2.16. The Morgan fingerprint density at radius 1 is 1.12 bits per heavy atom. The summed E-state index contributed by atoms with van der Waals surface area (Å²) in [5.74, 6) is 0.957. The summed E-state index contributed by atoms with van der Waals surface area (Å²) in [5.41, 5.74) is 11.1. The summed E-state index contributed by atoms with van der Waals surface area (Å²) < 4.78 is 32.3. The van der Waals surface area contributed by atoms with Crippen LogP contribution in [0.2, 0.25) is 0 Å². The van der Waals surface area contributed by atoms with Crippen LogP contribution in [-0.4, -0.2) is 36.1 Å². The van der Waals surface area contributed by atoms with Crippen molar-refractivity contribution in [3.63, 3.8) is 0 Å². The maximum atomic E-state index is 14.8. The number of aryl methyl sites for hydroxylation is 1. The standard InChI is InChI=1S/C32H34FN5O4/c1-19-9-11-41-17-22-14-23(5-7-29(22)42-18-25-26(33)12-20(2)13-30(25)40-3)37-32-35-10-8-28(38-32)24-6-4-21(15-27(24)34)31(39)36-16-19/h4-8,10,12-15,19H,9,11,16-18,34H2,1-3H3,(H,36,39)(H,35,37,38)/t19-/m0/s1. The molecule has 218 valence electrons. The number of halogens is 1. The van der Waals surface area contributed by atoms with Gasteiger partial charge in [0.1, 0.15) is 23.9 Å². The summed E-state index contributed by atoms with van der Waals surface area (Å²) in [4.78, 5) is 21.7. The van der Waals surface area contributed by atoms with Crippen molar-refractivity contribution in [1.29, 1.82) is 0 Å². The molecule has 1 aromatic heterocycles. The number of nitrogens with zero attached hydrogens (tertiary/aromatic N) is 2. The summed E-state index contributed by atoms with van der Waals surface area (Å²) >= 11 is 0. The molecule has 6 bridgehead atoms. The third-order valence-corrected chi connectivity index (χ3v) is 7.08. The van der Waals surface area contributed by atoms with Gasteiger partial charge in [-0.05, 0) is 79.4 Å². The zero-order valence-corrected chi connectivity index (χ0v) is 23.9. The largest absolute Gasteiger partial charge is 0.496 e. The van der Waals surface area contributed by atoms with E-state index in [2.05, 4.69) is 27.5 Å². The topological polar surface area (TPSA) is 121 Å². The van der Waals surface area contributed by atoms with E-state index in [9.17, 15) is 9.18 Å². The number of hydrogen-bond acceptors (Lipinski definition) is 8. The van der Waals surface area contributed by atoms with Gasteiger partial charge in [-0.15, -0.1) is 0 Å². The number of methoxy groups -OCH3 is 1. The first kappa shape index (κ1) is 28.8. The van der Waals surface area contributed by atoms with Crippen molar-refractivity contribution in [3.8, 4) is 22.8 Å². The Labute approximate surface area is 244 Å². The fourth-order valence-electron chi connectivity index (χ4n) is 4.70. The lowest BCUT2D eigenvalue weighted by Gasteiger charge is -2.17. The Bertz CT molecular complexity index is 1600. The monoisotopic (exact) mass is 571 g/mol. The molecule has 1 atom stereocenters. The molecule has 1 amide bonds. The van der Waals surface area contributed by atoms with Gasteiger partial charge >= 0.3 is 0 Å². The molecule has 2 aliphatic rings. The number of hydrogen-bond donors (Lipinski definition) is 3. The van der Waals surface area contributed by atoms with E-state index in [0.717, 1.165) is 23.2 Å². The van der Waals surface area contributed by atoms with Gasteiger partial charge in [0.25, 0.3) is 5.91 Å². The van der Waals surface area contributed by atoms with E-state index in [1.807, 2.05) is 19.1 Å². The van der Waals surface area contributed by atoms with E-state index in [4.69, 9.17) is 19.9 Å². The third kappa shape index (κ3) is 6.77. The first-order chi connectivity index (χ1) is 20.3. The van der Waals surface area contributed by atoms with Gasteiger partial charge in [-0.3, -0.25) is 4.79 Å². The molecule has 2 aliphatic heterocycles. The van der Waals surface area contributed by atoms with Crippen molar-refractivity contribution in [2.24, 2.45) is 5.92 Å². The highest BCUT2D eigenvalue weighted by Crippen LogP contribution is 2.30. The van der Waals surface area contributed by atoms with Gasteiger partial charge in [-0.1, -0.05) is 6.92 Å².